The molecule has 6 nitrogen and oxygen atoms in total. The molecular weight excluding hydrogens is 393 g/mol. The smallest absolute Gasteiger partial charge is 0.247 e. The fourth-order valence-electron chi connectivity index (χ4n) is 3.98. The number of piperazine rings is 1. The van der Waals surface area contributed by atoms with E-state index in [0.717, 1.165) is 37.6 Å². The molecule has 1 aliphatic heterocycles. The lowest BCUT2D eigenvalue weighted by molar-refractivity contribution is 0.184. The van der Waals surface area contributed by atoms with Crippen molar-refractivity contribution in [1.29, 1.82) is 0 Å². The largest absolute Gasteiger partial charge is 0.419 e. The van der Waals surface area contributed by atoms with Gasteiger partial charge in [-0.05, 0) is 30.3 Å². The van der Waals surface area contributed by atoms with Crippen molar-refractivity contribution in [1.82, 2.24) is 20.1 Å². The molecule has 1 saturated heterocycles. The standard InChI is InChI=1S/C24H22FN5O/c25-20-11-5-4-10-19(20)22(24-28-27-23(31-24)18-8-2-1-3-9-18)30-16-14-29(15-17-30)21-12-6-7-13-26-21/h1-13,22H,14-17H2/t22-/m1/s1. The summed E-state index contributed by atoms with van der Waals surface area (Å²) in [6, 6.07) is 21.9. The molecule has 1 fully saturated rings. The minimum atomic E-state index is -0.447. The van der Waals surface area contributed by atoms with Crippen molar-refractivity contribution in [2.45, 2.75) is 6.04 Å². The number of nitrogens with zero attached hydrogens (tertiary/aromatic N) is 5. The predicted octanol–water partition coefficient (Wildman–Crippen LogP) is 4.18. The second kappa shape index (κ2) is 8.65. The maximum atomic E-state index is 14.8. The molecule has 5 rings (SSSR count). The summed E-state index contributed by atoms with van der Waals surface area (Å²) in [7, 11) is 0. The first-order valence-corrected chi connectivity index (χ1v) is 10.3. The van der Waals surface area contributed by atoms with E-state index in [1.54, 1.807) is 18.3 Å². The van der Waals surface area contributed by atoms with Gasteiger partial charge < -0.3 is 9.32 Å². The molecule has 0 saturated carbocycles. The molecule has 2 aromatic carbocycles. The fourth-order valence-corrected chi connectivity index (χ4v) is 3.98. The molecule has 2 aromatic heterocycles. The van der Waals surface area contributed by atoms with Gasteiger partial charge in [-0.3, -0.25) is 4.90 Å². The Bertz CT molecular complexity index is 1130. The van der Waals surface area contributed by atoms with Gasteiger partial charge in [0, 0.05) is 43.5 Å². The first-order chi connectivity index (χ1) is 15.3. The zero-order valence-electron chi connectivity index (χ0n) is 16.9. The lowest BCUT2D eigenvalue weighted by Gasteiger charge is -2.38. The number of anilines is 1. The molecule has 0 radical (unpaired) electrons. The normalized spacial score (nSPS) is 15.7. The van der Waals surface area contributed by atoms with Crippen LogP contribution in [0.2, 0.25) is 0 Å². The number of hydrogen-bond acceptors (Lipinski definition) is 6. The van der Waals surface area contributed by atoms with Gasteiger partial charge in [0.2, 0.25) is 11.8 Å². The van der Waals surface area contributed by atoms with Gasteiger partial charge in [0.05, 0.1) is 0 Å². The SMILES string of the molecule is Fc1ccccc1[C@H](c1nnc(-c2ccccc2)o1)N1CCN(c2ccccn2)CC1. The van der Waals surface area contributed by atoms with Gasteiger partial charge in [-0.1, -0.05) is 42.5 Å². The Morgan fingerprint density at radius 3 is 2.29 bits per heavy atom. The molecule has 3 heterocycles. The summed E-state index contributed by atoms with van der Waals surface area (Å²) in [4.78, 5) is 8.88. The number of rotatable bonds is 5. The second-order valence-corrected chi connectivity index (χ2v) is 7.45. The van der Waals surface area contributed by atoms with Crippen LogP contribution in [-0.4, -0.2) is 46.3 Å². The van der Waals surface area contributed by atoms with Crippen LogP contribution in [0.4, 0.5) is 10.2 Å². The van der Waals surface area contributed by atoms with Crippen LogP contribution in [0.5, 0.6) is 0 Å². The Kier molecular flexibility index (Phi) is 5.41. The zero-order chi connectivity index (χ0) is 21.0. The number of pyridine rings is 1. The molecule has 31 heavy (non-hydrogen) atoms. The molecule has 0 bridgehead atoms. The minimum absolute atomic E-state index is 0.279. The third-order valence-electron chi connectivity index (χ3n) is 5.55. The third-order valence-corrected chi connectivity index (χ3v) is 5.55. The Morgan fingerprint density at radius 2 is 1.55 bits per heavy atom. The van der Waals surface area contributed by atoms with Gasteiger partial charge in [0.1, 0.15) is 17.7 Å². The minimum Gasteiger partial charge on any atom is -0.419 e. The Hall–Kier alpha value is -3.58. The Balaban J connectivity index is 1.44. The van der Waals surface area contributed by atoms with Crippen molar-refractivity contribution in [3.8, 4) is 11.5 Å². The molecule has 156 valence electrons. The van der Waals surface area contributed by atoms with Crippen LogP contribution in [0.25, 0.3) is 11.5 Å². The number of halogens is 1. The molecule has 1 aliphatic rings. The van der Waals surface area contributed by atoms with Crippen molar-refractivity contribution in [2.24, 2.45) is 0 Å². The van der Waals surface area contributed by atoms with Crippen molar-refractivity contribution >= 4 is 5.82 Å². The van der Waals surface area contributed by atoms with E-state index in [9.17, 15) is 4.39 Å². The highest BCUT2D eigenvalue weighted by Gasteiger charge is 2.32. The first kappa shape index (κ1) is 19.4. The van der Waals surface area contributed by atoms with E-state index in [1.807, 2.05) is 54.6 Å². The van der Waals surface area contributed by atoms with Crippen LogP contribution in [0.1, 0.15) is 17.5 Å². The van der Waals surface area contributed by atoms with Crippen LogP contribution in [0.3, 0.4) is 0 Å². The van der Waals surface area contributed by atoms with E-state index in [2.05, 4.69) is 25.0 Å². The van der Waals surface area contributed by atoms with Crippen molar-refractivity contribution in [3.05, 3.63) is 96.3 Å². The van der Waals surface area contributed by atoms with Crippen LogP contribution in [-0.2, 0) is 0 Å². The van der Waals surface area contributed by atoms with Gasteiger partial charge in [-0.2, -0.15) is 0 Å². The van der Waals surface area contributed by atoms with Crippen molar-refractivity contribution in [2.75, 3.05) is 31.1 Å². The summed E-state index contributed by atoms with van der Waals surface area (Å²) >= 11 is 0. The molecule has 0 amide bonds. The lowest BCUT2D eigenvalue weighted by Crippen LogP contribution is -2.48. The highest BCUT2D eigenvalue weighted by molar-refractivity contribution is 5.52. The molecule has 7 heteroatoms. The molecule has 1 atom stereocenters. The van der Waals surface area contributed by atoms with Gasteiger partial charge >= 0.3 is 0 Å². The summed E-state index contributed by atoms with van der Waals surface area (Å²) in [5, 5.41) is 8.55. The number of hydrogen-bond donors (Lipinski definition) is 0. The molecule has 0 unspecified atom stereocenters. The fraction of sp³-hybridized carbons (Fsp3) is 0.208. The van der Waals surface area contributed by atoms with Crippen LogP contribution in [0.15, 0.2) is 83.4 Å². The lowest BCUT2D eigenvalue weighted by atomic mass is 10.0. The monoisotopic (exact) mass is 415 g/mol. The maximum Gasteiger partial charge on any atom is 0.247 e. The molecule has 0 aliphatic carbocycles. The van der Waals surface area contributed by atoms with Gasteiger partial charge in [-0.15, -0.1) is 10.2 Å². The van der Waals surface area contributed by atoms with Crippen LogP contribution in [0, 0.1) is 5.82 Å². The summed E-state index contributed by atoms with van der Waals surface area (Å²) in [6.45, 7) is 3.00. The maximum absolute atomic E-state index is 14.8. The molecule has 0 spiro atoms. The highest BCUT2D eigenvalue weighted by Crippen LogP contribution is 2.32. The Morgan fingerprint density at radius 1 is 0.806 bits per heavy atom. The average molecular weight is 415 g/mol. The highest BCUT2D eigenvalue weighted by atomic mass is 19.1. The van der Waals surface area contributed by atoms with E-state index in [1.165, 1.54) is 6.07 Å². The zero-order valence-corrected chi connectivity index (χ0v) is 16.9. The van der Waals surface area contributed by atoms with Gasteiger partial charge in [0.25, 0.3) is 0 Å². The van der Waals surface area contributed by atoms with Crippen molar-refractivity contribution in [3.63, 3.8) is 0 Å². The molecular formula is C24H22FN5O. The average Bonchev–Trinajstić information content (AvgIpc) is 3.32. The topological polar surface area (TPSA) is 58.3 Å². The van der Waals surface area contributed by atoms with Crippen LogP contribution < -0.4 is 4.90 Å². The molecule has 4 aromatic rings. The first-order valence-electron chi connectivity index (χ1n) is 10.3. The summed E-state index contributed by atoms with van der Waals surface area (Å²) < 4.78 is 20.9. The summed E-state index contributed by atoms with van der Waals surface area (Å²) in [5.74, 6) is 1.51. The van der Waals surface area contributed by atoms with Crippen LogP contribution >= 0.6 is 0 Å². The van der Waals surface area contributed by atoms with E-state index >= 15 is 0 Å². The van der Waals surface area contributed by atoms with E-state index < -0.39 is 6.04 Å². The Labute approximate surface area is 180 Å². The number of aromatic nitrogens is 3. The van der Waals surface area contributed by atoms with E-state index in [4.69, 9.17) is 4.42 Å². The predicted molar refractivity (Wildman–Crippen MR) is 116 cm³/mol. The number of benzene rings is 2. The van der Waals surface area contributed by atoms with Gasteiger partial charge in [-0.25, -0.2) is 9.37 Å². The molecule has 0 N–H and O–H groups in total. The quantitative estimate of drug-likeness (QED) is 0.487. The summed E-state index contributed by atoms with van der Waals surface area (Å²) in [6.07, 6.45) is 1.80. The van der Waals surface area contributed by atoms with Gasteiger partial charge in [0.15, 0.2) is 0 Å². The summed E-state index contributed by atoms with van der Waals surface area (Å²) in [5.41, 5.74) is 1.38. The van der Waals surface area contributed by atoms with Crippen molar-refractivity contribution < 1.29 is 8.81 Å². The van der Waals surface area contributed by atoms with E-state index in [-0.39, 0.29) is 5.82 Å². The third kappa shape index (κ3) is 4.04. The second-order valence-electron chi connectivity index (χ2n) is 7.45. The van der Waals surface area contributed by atoms with E-state index in [0.29, 0.717) is 17.3 Å².